The first kappa shape index (κ1) is 15.5. The van der Waals surface area contributed by atoms with Crippen LogP contribution in [0.2, 0.25) is 0 Å². The molecule has 26 heavy (non-hydrogen) atoms. The van der Waals surface area contributed by atoms with Crippen molar-refractivity contribution in [2.75, 3.05) is 11.5 Å². The molecule has 1 aromatic heterocycles. The van der Waals surface area contributed by atoms with Crippen LogP contribution >= 0.6 is 0 Å². The summed E-state index contributed by atoms with van der Waals surface area (Å²) in [7, 11) is 0. The molecule has 0 aliphatic carbocycles. The first-order chi connectivity index (χ1) is 12.5. The lowest BCUT2D eigenvalue weighted by Crippen LogP contribution is -2.57. The number of nitrogens with zero attached hydrogens (tertiary/aromatic N) is 2. The molecule has 3 atom stereocenters. The summed E-state index contributed by atoms with van der Waals surface area (Å²) >= 11 is 0. The van der Waals surface area contributed by atoms with Gasteiger partial charge in [0.15, 0.2) is 5.60 Å². The maximum atomic E-state index is 13.2. The van der Waals surface area contributed by atoms with Gasteiger partial charge in [0.2, 0.25) is 5.91 Å². The van der Waals surface area contributed by atoms with Crippen LogP contribution in [0.1, 0.15) is 19.0 Å². The van der Waals surface area contributed by atoms with Crippen LogP contribution in [0.15, 0.2) is 42.0 Å². The summed E-state index contributed by atoms with van der Waals surface area (Å²) in [6.45, 7) is 1.70. The van der Waals surface area contributed by atoms with Gasteiger partial charge in [-0.3, -0.25) is 9.78 Å². The highest BCUT2D eigenvalue weighted by Gasteiger charge is 2.54. The molecule has 2 unspecified atom stereocenters. The number of hydrogen-bond acceptors (Lipinski definition) is 5. The smallest absolute Gasteiger partial charge is 0.342 e. The van der Waals surface area contributed by atoms with Crippen LogP contribution in [0.25, 0.3) is 10.9 Å². The van der Waals surface area contributed by atoms with Gasteiger partial charge in [0.05, 0.1) is 28.9 Å². The Bertz CT molecular complexity index is 998. The molecule has 132 valence electrons. The molecule has 6 nitrogen and oxygen atoms in total. The summed E-state index contributed by atoms with van der Waals surface area (Å²) in [6, 6.07) is 9.59. The van der Waals surface area contributed by atoms with E-state index in [9.17, 15) is 14.7 Å². The van der Waals surface area contributed by atoms with Crippen molar-refractivity contribution in [1.82, 2.24) is 4.98 Å². The number of carbonyl (C=O) groups excluding carboxylic acids is 2. The number of fused-ring (bicyclic) bond motifs is 5. The van der Waals surface area contributed by atoms with E-state index >= 15 is 0 Å². The highest BCUT2D eigenvalue weighted by molar-refractivity contribution is 6.04. The number of carbonyl (C=O) groups is 2. The second-order valence-corrected chi connectivity index (χ2v) is 7.11. The predicted molar refractivity (Wildman–Crippen MR) is 94.5 cm³/mol. The quantitative estimate of drug-likeness (QED) is 0.626. The molecule has 1 N–H and O–H groups in total. The first-order valence-corrected chi connectivity index (χ1v) is 8.86. The van der Waals surface area contributed by atoms with Crippen LogP contribution in [0.3, 0.4) is 0 Å². The number of cyclic esters (lactones) is 1. The molecule has 3 aliphatic rings. The molecular formula is C20H18N2O4. The minimum absolute atomic E-state index is 0.0224. The molecule has 2 aromatic rings. The lowest BCUT2D eigenvalue weighted by Gasteiger charge is -2.42. The van der Waals surface area contributed by atoms with E-state index in [-0.39, 0.29) is 25.0 Å². The second kappa shape index (κ2) is 5.14. The van der Waals surface area contributed by atoms with Crippen LogP contribution in [-0.4, -0.2) is 40.2 Å². The van der Waals surface area contributed by atoms with Crippen LogP contribution in [0.5, 0.6) is 0 Å². The zero-order chi connectivity index (χ0) is 18.1. The SMILES string of the molecule is CC[C@@]1(O)C(=O)OCC2C(=O)N3c4cc5ccccc5nc4CC3C=C21. The highest BCUT2D eigenvalue weighted by atomic mass is 16.6. The highest BCUT2D eigenvalue weighted by Crippen LogP contribution is 2.44. The van der Waals surface area contributed by atoms with Gasteiger partial charge in [0.1, 0.15) is 6.61 Å². The van der Waals surface area contributed by atoms with Crippen molar-refractivity contribution in [3.8, 4) is 0 Å². The molecule has 1 saturated heterocycles. The molecule has 6 heteroatoms. The van der Waals surface area contributed by atoms with Crippen LogP contribution < -0.4 is 4.90 Å². The molecule has 0 saturated carbocycles. The van der Waals surface area contributed by atoms with Gasteiger partial charge >= 0.3 is 5.97 Å². The van der Waals surface area contributed by atoms with Gasteiger partial charge in [0, 0.05) is 11.8 Å². The molecule has 1 fully saturated rings. The molecule has 1 amide bonds. The van der Waals surface area contributed by atoms with Crippen molar-refractivity contribution in [2.24, 2.45) is 5.92 Å². The lowest BCUT2D eigenvalue weighted by molar-refractivity contribution is -0.170. The minimum Gasteiger partial charge on any atom is -0.462 e. The monoisotopic (exact) mass is 350 g/mol. The van der Waals surface area contributed by atoms with E-state index in [0.717, 1.165) is 22.3 Å². The number of aliphatic hydroxyl groups is 1. The number of aromatic nitrogens is 1. The van der Waals surface area contributed by atoms with E-state index in [1.165, 1.54) is 0 Å². The van der Waals surface area contributed by atoms with Gasteiger partial charge in [-0.1, -0.05) is 31.2 Å². The fourth-order valence-electron chi connectivity index (χ4n) is 4.34. The third-order valence-corrected chi connectivity index (χ3v) is 5.76. The average molecular weight is 350 g/mol. The fraction of sp³-hybridized carbons (Fsp3) is 0.350. The third-order valence-electron chi connectivity index (χ3n) is 5.76. The van der Waals surface area contributed by atoms with Crippen molar-refractivity contribution in [2.45, 2.75) is 31.4 Å². The molecular weight excluding hydrogens is 332 g/mol. The summed E-state index contributed by atoms with van der Waals surface area (Å²) in [6.07, 6.45) is 2.64. The number of hydrogen-bond donors (Lipinski definition) is 1. The standard InChI is InChI=1S/C20H18N2O4/c1-2-20(25)14-8-12-9-16-17(7-11-5-3-4-6-15(11)21-16)22(12)18(23)13(14)10-26-19(20)24/h3-8,12-13,25H,2,9-10H2,1H3/t12?,13?,20-/m0/s1. The lowest BCUT2D eigenvalue weighted by atomic mass is 9.76. The van der Waals surface area contributed by atoms with E-state index in [1.807, 2.05) is 36.4 Å². The number of para-hydroxylation sites is 1. The van der Waals surface area contributed by atoms with E-state index in [4.69, 9.17) is 9.72 Å². The number of benzene rings is 1. The Labute approximate surface area is 150 Å². The first-order valence-electron chi connectivity index (χ1n) is 8.86. The van der Waals surface area contributed by atoms with Gasteiger partial charge in [-0.05, 0) is 24.1 Å². The van der Waals surface area contributed by atoms with Crippen molar-refractivity contribution < 1.29 is 19.4 Å². The third kappa shape index (κ3) is 1.88. The normalized spacial score (nSPS) is 29.8. The Hall–Kier alpha value is -2.73. The molecule has 4 heterocycles. The number of pyridine rings is 1. The van der Waals surface area contributed by atoms with E-state index in [1.54, 1.807) is 11.8 Å². The van der Waals surface area contributed by atoms with Gasteiger partial charge in [-0.2, -0.15) is 0 Å². The van der Waals surface area contributed by atoms with Gasteiger partial charge in [-0.15, -0.1) is 0 Å². The van der Waals surface area contributed by atoms with Crippen molar-refractivity contribution >= 4 is 28.5 Å². The topological polar surface area (TPSA) is 79.7 Å². The summed E-state index contributed by atoms with van der Waals surface area (Å²) in [5.74, 6) is -1.43. The molecule has 3 aliphatic heterocycles. The fourth-order valence-corrected chi connectivity index (χ4v) is 4.34. The maximum Gasteiger partial charge on any atom is 0.342 e. The molecule has 0 spiro atoms. The minimum atomic E-state index is -1.71. The Morgan fingerprint density at radius 1 is 1.35 bits per heavy atom. The predicted octanol–water partition coefficient (Wildman–Crippen LogP) is 1.75. The Morgan fingerprint density at radius 3 is 2.96 bits per heavy atom. The van der Waals surface area contributed by atoms with Crippen LogP contribution in [0.4, 0.5) is 5.69 Å². The molecule has 0 bridgehead atoms. The zero-order valence-electron chi connectivity index (χ0n) is 14.3. The Balaban J connectivity index is 1.65. The second-order valence-electron chi connectivity index (χ2n) is 7.11. The van der Waals surface area contributed by atoms with Gasteiger partial charge < -0.3 is 14.7 Å². The number of anilines is 1. The average Bonchev–Trinajstić information content (AvgIpc) is 3.01. The van der Waals surface area contributed by atoms with Crippen LogP contribution in [-0.2, 0) is 20.7 Å². The van der Waals surface area contributed by atoms with Crippen LogP contribution in [0, 0.1) is 5.92 Å². The number of rotatable bonds is 1. The summed E-state index contributed by atoms with van der Waals surface area (Å²) in [4.78, 5) is 31.8. The van der Waals surface area contributed by atoms with Gasteiger partial charge in [0.25, 0.3) is 0 Å². The summed E-state index contributed by atoms with van der Waals surface area (Å²) in [5, 5.41) is 11.8. The maximum absolute atomic E-state index is 13.2. The van der Waals surface area contributed by atoms with E-state index in [0.29, 0.717) is 12.0 Å². The largest absolute Gasteiger partial charge is 0.462 e. The molecule has 1 aromatic carbocycles. The summed E-state index contributed by atoms with van der Waals surface area (Å²) < 4.78 is 5.14. The zero-order valence-corrected chi connectivity index (χ0v) is 14.3. The number of ether oxygens (including phenoxy) is 1. The van der Waals surface area contributed by atoms with Crippen molar-refractivity contribution in [3.63, 3.8) is 0 Å². The number of amides is 1. The van der Waals surface area contributed by atoms with Crippen molar-refractivity contribution in [3.05, 3.63) is 47.7 Å². The van der Waals surface area contributed by atoms with E-state index in [2.05, 4.69) is 0 Å². The van der Waals surface area contributed by atoms with Crippen molar-refractivity contribution in [1.29, 1.82) is 0 Å². The van der Waals surface area contributed by atoms with Gasteiger partial charge in [-0.25, -0.2) is 4.79 Å². The molecule has 5 rings (SSSR count). The molecule has 0 radical (unpaired) electrons. The number of esters is 1. The van der Waals surface area contributed by atoms with E-state index < -0.39 is 17.5 Å². The summed E-state index contributed by atoms with van der Waals surface area (Å²) in [5.41, 5.74) is 1.35. The Kier molecular flexibility index (Phi) is 3.07. The Morgan fingerprint density at radius 2 is 2.15 bits per heavy atom.